The molecule has 0 aliphatic heterocycles. The zero-order chi connectivity index (χ0) is 10.7. The van der Waals surface area contributed by atoms with Crippen molar-refractivity contribution in [2.75, 3.05) is 5.88 Å². The van der Waals surface area contributed by atoms with E-state index >= 15 is 0 Å². The van der Waals surface area contributed by atoms with E-state index in [4.69, 9.17) is 16.0 Å². The van der Waals surface area contributed by atoms with Crippen molar-refractivity contribution in [3.05, 3.63) is 42.0 Å². The second-order valence-corrected chi connectivity index (χ2v) is 3.69. The predicted octanol–water partition coefficient (Wildman–Crippen LogP) is 3.43. The average molecular weight is 222 g/mol. The standard InChI is InChI=1S/C12H12ClNO/c1-9-14-12(11(15-9)7-8-13)10-5-3-2-4-6-10/h2-6H,7-8H2,1H3. The van der Waals surface area contributed by atoms with Crippen LogP contribution in [0.1, 0.15) is 11.7 Å². The largest absolute Gasteiger partial charge is 0.445 e. The van der Waals surface area contributed by atoms with Crippen LogP contribution in [0.15, 0.2) is 34.7 Å². The Morgan fingerprint density at radius 1 is 1.27 bits per heavy atom. The minimum atomic E-state index is 0.550. The number of benzene rings is 1. The first-order chi connectivity index (χ1) is 7.31. The van der Waals surface area contributed by atoms with Crippen LogP contribution >= 0.6 is 11.6 Å². The van der Waals surface area contributed by atoms with Crippen LogP contribution in [0.5, 0.6) is 0 Å². The van der Waals surface area contributed by atoms with Crippen LogP contribution < -0.4 is 0 Å². The van der Waals surface area contributed by atoms with Crippen molar-refractivity contribution >= 4 is 11.6 Å². The molecule has 1 aromatic carbocycles. The maximum absolute atomic E-state index is 5.72. The first kappa shape index (κ1) is 10.2. The Hall–Kier alpha value is -1.28. The van der Waals surface area contributed by atoms with Crippen LogP contribution in [0.4, 0.5) is 0 Å². The highest BCUT2D eigenvalue weighted by Gasteiger charge is 2.11. The van der Waals surface area contributed by atoms with Gasteiger partial charge in [-0.3, -0.25) is 0 Å². The first-order valence-corrected chi connectivity index (χ1v) is 5.42. The van der Waals surface area contributed by atoms with E-state index in [0.29, 0.717) is 18.2 Å². The molecule has 2 aromatic rings. The molecule has 0 amide bonds. The molecule has 1 aromatic heterocycles. The van der Waals surface area contributed by atoms with E-state index < -0.39 is 0 Å². The molecule has 78 valence electrons. The number of oxazole rings is 1. The fraction of sp³-hybridized carbons (Fsp3) is 0.250. The van der Waals surface area contributed by atoms with Crippen LogP contribution in [-0.4, -0.2) is 10.9 Å². The van der Waals surface area contributed by atoms with Gasteiger partial charge >= 0.3 is 0 Å². The van der Waals surface area contributed by atoms with Crippen molar-refractivity contribution in [1.82, 2.24) is 4.98 Å². The van der Waals surface area contributed by atoms with Crippen molar-refractivity contribution in [2.45, 2.75) is 13.3 Å². The minimum absolute atomic E-state index is 0.550. The molecule has 0 N–H and O–H groups in total. The summed E-state index contributed by atoms with van der Waals surface area (Å²) in [5.41, 5.74) is 1.99. The summed E-state index contributed by atoms with van der Waals surface area (Å²) in [5.74, 6) is 2.11. The van der Waals surface area contributed by atoms with Gasteiger partial charge in [0, 0.05) is 24.8 Å². The third kappa shape index (κ3) is 2.21. The van der Waals surface area contributed by atoms with E-state index in [2.05, 4.69) is 4.98 Å². The summed E-state index contributed by atoms with van der Waals surface area (Å²) in [7, 11) is 0. The second kappa shape index (κ2) is 4.49. The smallest absolute Gasteiger partial charge is 0.191 e. The summed E-state index contributed by atoms with van der Waals surface area (Å²) in [6.07, 6.45) is 0.715. The summed E-state index contributed by atoms with van der Waals surface area (Å²) in [4.78, 5) is 4.37. The molecule has 3 heteroatoms. The summed E-state index contributed by atoms with van der Waals surface area (Å²) < 4.78 is 5.51. The molecule has 0 saturated carbocycles. The van der Waals surface area contributed by atoms with Gasteiger partial charge < -0.3 is 4.42 Å². The van der Waals surface area contributed by atoms with Gasteiger partial charge in [-0.25, -0.2) is 4.98 Å². The summed E-state index contributed by atoms with van der Waals surface area (Å²) in [5, 5.41) is 0. The normalized spacial score (nSPS) is 10.5. The van der Waals surface area contributed by atoms with Gasteiger partial charge in [-0.05, 0) is 0 Å². The van der Waals surface area contributed by atoms with E-state index in [0.717, 1.165) is 17.0 Å². The molecule has 2 rings (SSSR count). The zero-order valence-corrected chi connectivity index (χ0v) is 9.29. The number of rotatable bonds is 3. The third-order valence-electron chi connectivity index (χ3n) is 2.17. The zero-order valence-electron chi connectivity index (χ0n) is 8.53. The lowest BCUT2D eigenvalue weighted by molar-refractivity contribution is 0.481. The molecular formula is C12H12ClNO. The predicted molar refractivity (Wildman–Crippen MR) is 61.1 cm³/mol. The molecule has 0 saturated heterocycles. The lowest BCUT2D eigenvalue weighted by Gasteiger charge is -1.98. The molecule has 0 bridgehead atoms. The molecule has 0 aliphatic carbocycles. The summed E-state index contributed by atoms with van der Waals surface area (Å²) in [6.45, 7) is 1.85. The van der Waals surface area contributed by atoms with Crippen molar-refractivity contribution in [3.8, 4) is 11.3 Å². The summed E-state index contributed by atoms with van der Waals surface area (Å²) in [6, 6.07) is 10.0. The van der Waals surface area contributed by atoms with Crippen molar-refractivity contribution in [2.24, 2.45) is 0 Å². The molecule has 0 fully saturated rings. The maximum Gasteiger partial charge on any atom is 0.191 e. The summed E-state index contributed by atoms with van der Waals surface area (Å²) >= 11 is 5.72. The van der Waals surface area contributed by atoms with E-state index in [1.165, 1.54) is 0 Å². The Morgan fingerprint density at radius 2 is 2.00 bits per heavy atom. The Bertz CT molecular complexity index is 436. The monoisotopic (exact) mass is 221 g/mol. The molecule has 0 spiro atoms. The van der Waals surface area contributed by atoms with Gasteiger partial charge in [0.1, 0.15) is 11.5 Å². The molecule has 15 heavy (non-hydrogen) atoms. The van der Waals surface area contributed by atoms with Crippen molar-refractivity contribution in [3.63, 3.8) is 0 Å². The van der Waals surface area contributed by atoms with E-state index in [-0.39, 0.29) is 0 Å². The lowest BCUT2D eigenvalue weighted by Crippen LogP contribution is -1.87. The van der Waals surface area contributed by atoms with Gasteiger partial charge in [0.15, 0.2) is 5.89 Å². The Kier molecular flexibility index (Phi) is 3.07. The van der Waals surface area contributed by atoms with Gasteiger partial charge in [-0.15, -0.1) is 11.6 Å². The van der Waals surface area contributed by atoms with E-state index in [1.807, 2.05) is 37.3 Å². The molecule has 0 aliphatic rings. The molecule has 2 nitrogen and oxygen atoms in total. The molecule has 0 unspecified atom stereocenters. The number of hydrogen-bond acceptors (Lipinski definition) is 2. The van der Waals surface area contributed by atoms with Gasteiger partial charge in [0.25, 0.3) is 0 Å². The maximum atomic E-state index is 5.72. The van der Waals surface area contributed by atoms with Crippen LogP contribution in [0.2, 0.25) is 0 Å². The third-order valence-corrected chi connectivity index (χ3v) is 2.36. The minimum Gasteiger partial charge on any atom is -0.445 e. The van der Waals surface area contributed by atoms with Gasteiger partial charge in [0.05, 0.1) is 0 Å². The number of halogens is 1. The van der Waals surface area contributed by atoms with Crippen molar-refractivity contribution in [1.29, 1.82) is 0 Å². The van der Waals surface area contributed by atoms with Crippen LogP contribution in [0.25, 0.3) is 11.3 Å². The molecule has 0 atom stereocenters. The highest BCUT2D eigenvalue weighted by molar-refractivity contribution is 6.18. The SMILES string of the molecule is Cc1nc(-c2ccccc2)c(CCCl)o1. The fourth-order valence-electron chi connectivity index (χ4n) is 1.55. The Balaban J connectivity index is 2.43. The molecule has 0 radical (unpaired) electrons. The Labute approximate surface area is 93.9 Å². The molecular weight excluding hydrogens is 210 g/mol. The number of alkyl halides is 1. The number of nitrogens with zero attached hydrogens (tertiary/aromatic N) is 1. The van der Waals surface area contributed by atoms with E-state index in [9.17, 15) is 0 Å². The second-order valence-electron chi connectivity index (χ2n) is 3.31. The number of aryl methyl sites for hydroxylation is 2. The number of aromatic nitrogens is 1. The van der Waals surface area contributed by atoms with E-state index in [1.54, 1.807) is 0 Å². The van der Waals surface area contributed by atoms with Crippen molar-refractivity contribution < 1.29 is 4.42 Å². The Morgan fingerprint density at radius 3 is 2.67 bits per heavy atom. The first-order valence-electron chi connectivity index (χ1n) is 4.89. The van der Waals surface area contributed by atoms with Gasteiger partial charge in [-0.1, -0.05) is 30.3 Å². The highest BCUT2D eigenvalue weighted by Crippen LogP contribution is 2.24. The highest BCUT2D eigenvalue weighted by atomic mass is 35.5. The average Bonchev–Trinajstić information content (AvgIpc) is 2.62. The lowest BCUT2D eigenvalue weighted by atomic mass is 10.1. The quantitative estimate of drug-likeness (QED) is 0.743. The van der Waals surface area contributed by atoms with Gasteiger partial charge in [-0.2, -0.15) is 0 Å². The fourth-order valence-corrected chi connectivity index (χ4v) is 1.72. The number of hydrogen-bond donors (Lipinski definition) is 0. The van der Waals surface area contributed by atoms with Gasteiger partial charge in [0.2, 0.25) is 0 Å². The topological polar surface area (TPSA) is 26.0 Å². The van der Waals surface area contributed by atoms with Crippen LogP contribution in [0.3, 0.4) is 0 Å². The van der Waals surface area contributed by atoms with Crippen LogP contribution in [0, 0.1) is 6.92 Å². The van der Waals surface area contributed by atoms with Crippen LogP contribution in [-0.2, 0) is 6.42 Å². The molecule has 1 heterocycles.